The zero-order chi connectivity index (χ0) is 17.3. The summed E-state index contributed by atoms with van der Waals surface area (Å²) in [6, 6.07) is 0. The van der Waals surface area contributed by atoms with E-state index in [-0.39, 0.29) is 24.5 Å². The van der Waals surface area contributed by atoms with E-state index in [1.807, 2.05) is 0 Å². The van der Waals surface area contributed by atoms with Gasteiger partial charge in [-0.25, -0.2) is 8.42 Å². The van der Waals surface area contributed by atoms with Crippen LogP contribution in [-0.2, 0) is 19.6 Å². The number of ether oxygens (including phenoxy) is 1. The largest absolute Gasteiger partial charge is 0.481 e. The van der Waals surface area contributed by atoms with Crippen LogP contribution < -0.4 is 0 Å². The molecular weight excluding hydrogens is 322 g/mol. The summed E-state index contributed by atoms with van der Waals surface area (Å²) in [5, 5.41) is 16.2. The molecule has 0 spiro atoms. The maximum Gasteiger partial charge on any atom is 0.311 e. The van der Waals surface area contributed by atoms with Gasteiger partial charge in [-0.05, 0) is 33.1 Å². The molecule has 2 rings (SSSR count). The van der Waals surface area contributed by atoms with Crippen LogP contribution in [-0.4, -0.2) is 60.8 Å². The van der Waals surface area contributed by atoms with Crippen LogP contribution in [0.3, 0.4) is 0 Å². The highest BCUT2D eigenvalue weighted by atomic mass is 32.2. The normalized spacial score (nSPS) is 23.1. The minimum Gasteiger partial charge on any atom is -0.481 e. The van der Waals surface area contributed by atoms with E-state index in [1.54, 1.807) is 13.8 Å². The molecule has 1 aromatic rings. The summed E-state index contributed by atoms with van der Waals surface area (Å²) in [6.07, 6.45) is 1.24. The van der Waals surface area contributed by atoms with Crippen molar-refractivity contribution in [3.63, 3.8) is 0 Å². The second-order valence-electron chi connectivity index (χ2n) is 6.03. The van der Waals surface area contributed by atoms with E-state index < -0.39 is 21.4 Å². The van der Waals surface area contributed by atoms with Crippen molar-refractivity contribution in [1.29, 1.82) is 0 Å². The highest BCUT2D eigenvalue weighted by Crippen LogP contribution is 2.37. The third kappa shape index (κ3) is 3.26. The Kier molecular flexibility index (Phi) is 5.12. The fourth-order valence-corrected chi connectivity index (χ4v) is 5.02. The molecule has 1 aliphatic heterocycles. The van der Waals surface area contributed by atoms with Crippen molar-refractivity contribution in [2.24, 2.45) is 5.41 Å². The first-order chi connectivity index (χ1) is 10.7. The molecule has 130 valence electrons. The monoisotopic (exact) mass is 345 g/mol. The van der Waals surface area contributed by atoms with Crippen LogP contribution in [0.25, 0.3) is 0 Å². The number of nitrogens with zero attached hydrogens (tertiary/aromatic N) is 2. The molecule has 1 aromatic heterocycles. The van der Waals surface area contributed by atoms with Crippen LogP contribution in [0.2, 0.25) is 0 Å². The van der Waals surface area contributed by atoms with Crippen LogP contribution in [0.1, 0.15) is 30.7 Å². The lowest BCUT2D eigenvalue weighted by molar-refractivity contribution is -0.152. The molecule has 1 atom stereocenters. The lowest BCUT2D eigenvalue weighted by atomic mass is 9.78. The molecule has 1 saturated heterocycles. The van der Waals surface area contributed by atoms with Gasteiger partial charge in [0.05, 0.1) is 16.8 Å². The zero-order valence-electron chi connectivity index (χ0n) is 13.6. The first-order valence-corrected chi connectivity index (χ1v) is 8.93. The number of sulfonamides is 1. The number of aryl methyl sites for hydroxylation is 2. The average molecular weight is 345 g/mol. The van der Waals surface area contributed by atoms with Gasteiger partial charge < -0.3 is 9.84 Å². The summed E-state index contributed by atoms with van der Waals surface area (Å²) >= 11 is 0. The molecule has 0 aromatic carbocycles. The van der Waals surface area contributed by atoms with Gasteiger partial charge in [0.25, 0.3) is 0 Å². The van der Waals surface area contributed by atoms with Crippen molar-refractivity contribution in [2.45, 2.75) is 38.0 Å². The standard InChI is InChI=1S/C14H23N3O5S/c1-10-12(11(2)16-15-10)23(20,21)17-7-4-5-14(9-17,13(18)19)6-8-22-3/h4-9H2,1-3H3,(H,15,16)(H,18,19). The second-order valence-corrected chi connectivity index (χ2v) is 7.91. The van der Waals surface area contributed by atoms with Gasteiger partial charge in [-0.15, -0.1) is 0 Å². The van der Waals surface area contributed by atoms with Crippen molar-refractivity contribution < 1.29 is 23.1 Å². The first-order valence-electron chi connectivity index (χ1n) is 7.49. The zero-order valence-corrected chi connectivity index (χ0v) is 14.4. The van der Waals surface area contributed by atoms with E-state index in [1.165, 1.54) is 11.4 Å². The fourth-order valence-electron chi connectivity index (χ4n) is 3.13. The molecule has 23 heavy (non-hydrogen) atoms. The molecule has 1 unspecified atom stereocenters. The molecule has 2 N–H and O–H groups in total. The van der Waals surface area contributed by atoms with Crippen LogP contribution in [0.5, 0.6) is 0 Å². The van der Waals surface area contributed by atoms with E-state index in [0.717, 1.165) is 0 Å². The molecule has 0 saturated carbocycles. The molecule has 0 aliphatic carbocycles. The van der Waals surface area contributed by atoms with Gasteiger partial charge in [-0.3, -0.25) is 9.89 Å². The number of H-pyrrole nitrogens is 1. The molecular formula is C14H23N3O5S. The number of hydrogen-bond donors (Lipinski definition) is 2. The third-order valence-electron chi connectivity index (χ3n) is 4.44. The molecule has 9 heteroatoms. The van der Waals surface area contributed by atoms with Crippen LogP contribution in [0.15, 0.2) is 4.90 Å². The van der Waals surface area contributed by atoms with Gasteiger partial charge in [0.1, 0.15) is 4.90 Å². The van der Waals surface area contributed by atoms with Crippen molar-refractivity contribution in [1.82, 2.24) is 14.5 Å². The number of carboxylic acid groups (broad SMARTS) is 1. The smallest absolute Gasteiger partial charge is 0.311 e. The number of rotatable bonds is 6. The average Bonchev–Trinajstić information content (AvgIpc) is 2.84. The Morgan fingerprint density at radius 1 is 1.48 bits per heavy atom. The third-order valence-corrected chi connectivity index (χ3v) is 6.55. The predicted molar refractivity (Wildman–Crippen MR) is 82.6 cm³/mol. The number of hydrogen-bond acceptors (Lipinski definition) is 5. The van der Waals surface area contributed by atoms with Crippen LogP contribution in [0.4, 0.5) is 0 Å². The Morgan fingerprint density at radius 2 is 2.17 bits per heavy atom. The fraction of sp³-hybridized carbons (Fsp3) is 0.714. The van der Waals surface area contributed by atoms with E-state index in [0.29, 0.717) is 30.8 Å². The van der Waals surface area contributed by atoms with Crippen molar-refractivity contribution >= 4 is 16.0 Å². The molecule has 1 aliphatic rings. The number of carbonyl (C=O) groups is 1. The lowest BCUT2D eigenvalue weighted by Gasteiger charge is -2.39. The SMILES string of the molecule is COCCC1(C(=O)O)CCCN(S(=O)(=O)c2c(C)n[nH]c2C)C1. The van der Waals surface area contributed by atoms with Gasteiger partial charge in [0.2, 0.25) is 10.0 Å². The van der Waals surface area contributed by atoms with Crippen molar-refractivity contribution in [3.8, 4) is 0 Å². The van der Waals surface area contributed by atoms with E-state index in [2.05, 4.69) is 10.2 Å². The number of nitrogens with one attached hydrogen (secondary N) is 1. The quantitative estimate of drug-likeness (QED) is 0.793. The number of aromatic nitrogens is 2. The summed E-state index contributed by atoms with van der Waals surface area (Å²) < 4.78 is 32.1. The highest BCUT2D eigenvalue weighted by Gasteiger charge is 2.46. The van der Waals surface area contributed by atoms with Gasteiger partial charge >= 0.3 is 5.97 Å². The van der Waals surface area contributed by atoms with E-state index in [9.17, 15) is 18.3 Å². The summed E-state index contributed by atoms with van der Waals surface area (Å²) in [7, 11) is -2.27. The number of carboxylic acids is 1. The maximum atomic E-state index is 12.9. The molecule has 0 amide bonds. The number of aliphatic carboxylic acids is 1. The minimum absolute atomic E-state index is 0.0436. The minimum atomic E-state index is -3.77. The molecule has 0 bridgehead atoms. The lowest BCUT2D eigenvalue weighted by Crippen LogP contribution is -2.50. The van der Waals surface area contributed by atoms with Gasteiger partial charge in [0.15, 0.2) is 0 Å². The molecule has 0 radical (unpaired) electrons. The topological polar surface area (TPSA) is 113 Å². The Balaban J connectivity index is 2.35. The Hall–Kier alpha value is -1.45. The van der Waals surface area contributed by atoms with E-state index in [4.69, 9.17) is 4.74 Å². The van der Waals surface area contributed by atoms with Crippen LogP contribution in [0, 0.1) is 19.3 Å². The van der Waals surface area contributed by atoms with Crippen LogP contribution >= 0.6 is 0 Å². The summed E-state index contributed by atoms with van der Waals surface area (Å²) in [5.74, 6) is -0.977. The maximum absolute atomic E-state index is 12.9. The molecule has 2 heterocycles. The second kappa shape index (κ2) is 6.58. The Morgan fingerprint density at radius 3 is 2.70 bits per heavy atom. The van der Waals surface area contributed by atoms with Crippen molar-refractivity contribution in [2.75, 3.05) is 26.8 Å². The number of methoxy groups -OCH3 is 1. The highest BCUT2D eigenvalue weighted by molar-refractivity contribution is 7.89. The number of aromatic amines is 1. The summed E-state index contributed by atoms with van der Waals surface area (Å²) in [6.45, 7) is 3.82. The summed E-state index contributed by atoms with van der Waals surface area (Å²) in [4.78, 5) is 11.9. The van der Waals surface area contributed by atoms with E-state index >= 15 is 0 Å². The predicted octanol–water partition coefficient (Wildman–Crippen LogP) is 0.919. The molecule has 1 fully saturated rings. The number of piperidine rings is 1. The van der Waals surface area contributed by atoms with Gasteiger partial charge in [0, 0.05) is 26.8 Å². The Labute approximate surface area is 135 Å². The Bertz CT molecular complexity index is 665. The van der Waals surface area contributed by atoms with Gasteiger partial charge in [-0.2, -0.15) is 9.40 Å². The first kappa shape index (κ1) is 17.9. The van der Waals surface area contributed by atoms with Crippen molar-refractivity contribution in [3.05, 3.63) is 11.4 Å². The van der Waals surface area contributed by atoms with Gasteiger partial charge in [-0.1, -0.05) is 0 Å². The summed E-state index contributed by atoms with van der Waals surface area (Å²) in [5.41, 5.74) is -0.246. The molecule has 8 nitrogen and oxygen atoms in total.